The van der Waals surface area contributed by atoms with Crippen LogP contribution in [0.1, 0.15) is 0 Å². The maximum atomic E-state index is 7.20. The highest BCUT2D eigenvalue weighted by Gasteiger charge is 2.23. The van der Waals surface area contributed by atoms with Gasteiger partial charge in [-0.3, -0.25) is 0 Å². The second-order valence-electron chi connectivity index (χ2n) is 13.7. The molecule has 0 N–H and O–H groups in total. The summed E-state index contributed by atoms with van der Waals surface area (Å²) in [4.78, 5) is 0. The van der Waals surface area contributed by atoms with Crippen LogP contribution in [0.5, 0.6) is 0 Å². The largest absolute Gasteiger partial charge is 0.456 e. The number of para-hydroxylation sites is 4. The van der Waals surface area contributed by atoms with Crippen molar-refractivity contribution < 1.29 is 8.83 Å². The predicted octanol–water partition coefficient (Wildman–Crippen LogP) is 13.3. The van der Waals surface area contributed by atoms with Crippen molar-refractivity contribution in [3.05, 3.63) is 170 Å². The van der Waals surface area contributed by atoms with E-state index in [1.807, 2.05) is 12.1 Å². The van der Waals surface area contributed by atoms with Crippen molar-refractivity contribution in [3.8, 4) is 22.5 Å². The van der Waals surface area contributed by atoms with Crippen LogP contribution in [0, 0.1) is 0 Å². The molecule has 8 aromatic carbocycles. The maximum Gasteiger partial charge on any atom is 0.145 e. The predicted molar refractivity (Wildman–Crippen MR) is 215 cm³/mol. The first-order chi connectivity index (χ1) is 25.8. The Hall–Kier alpha value is -7.04. The molecule has 4 heteroatoms. The Morgan fingerprint density at radius 3 is 1.50 bits per heavy atom. The van der Waals surface area contributed by atoms with E-state index in [-0.39, 0.29) is 0 Å². The van der Waals surface area contributed by atoms with Crippen molar-refractivity contribution in [2.45, 2.75) is 0 Å². The summed E-state index contributed by atoms with van der Waals surface area (Å²) in [7, 11) is 0. The molecule has 0 bridgehead atoms. The maximum absolute atomic E-state index is 7.20. The Balaban J connectivity index is 1.18. The van der Waals surface area contributed by atoms with Crippen molar-refractivity contribution in [3.63, 3.8) is 0 Å². The molecule has 4 heterocycles. The zero-order chi connectivity index (χ0) is 33.9. The van der Waals surface area contributed by atoms with Crippen LogP contribution < -0.4 is 0 Å². The number of aromatic nitrogens is 2. The molecule has 0 spiro atoms. The van der Waals surface area contributed by atoms with Gasteiger partial charge in [-0.2, -0.15) is 0 Å². The van der Waals surface area contributed by atoms with E-state index in [1.165, 1.54) is 5.39 Å². The number of rotatable bonds is 3. The van der Waals surface area contributed by atoms with Gasteiger partial charge in [-0.25, -0.2) is 0 Å². The van der Waals surface area contributed by atoms with Gasteiger partial charge in [0.2, 0.25) is 0 Å². The smallest absolute Gasteiger partial charge is 0.145 e. The van der Waals surface area contributed by atoms with E-state index < -0.39 is 0 Å². The second-order valence-corrected chi connectivity index (χ2v) is 13.7. The van der Waals surface area contributed by atoms with Crippen molar-refractivity contribution in [1.82, 2.24) is 9.13 Å². The fraction of sp³-hybridized carbons (Fsp3) is 0. The molecule has 0 aliphatic carbocycles. The lowest BCUT2D eigenvalue weighted by Gasteiger charge is -2.08. The van der Waals surface area contributed by atoms with Crippen LogP contribution in [0.3, 0.4) is 0 Å². The van der Waals surface area contributed by atoms with Crippen molar-refractivity contribution in [1.29, 1.82) is 0 Å². The van der Waals surface area contributed by atoms with E-state index in [9.17, 15) is 0 Å². The van der Waals surface area contributed by atoms with Gasteiger partial charge in [-0.05, 0) is 96.1 Å². The summed E-state index contributed by atoms with van der Waals surface area (Å²) >= 11 is 0. The van der Waals surface area contributed by atoms with E-state index in [0.717, 1.165) is 105 Å². The third kappa shape index (κ3) is 3.70. The van der Waals surface area contributed by atoms with Crippen molar-refractivity contribution in [2.75, 3.05) is 0 Å². The molecule has 0 saturated heterocycles. The summed E-state index contributed by atoms with van der Waals surface area (Å²) in [6.45, 7) is 0. The molecule has 12 aromatic rings. The number of hydrogen-bond donors (Lipinski definition) is 0. The molecule has 0 atom stereocenters. The minimum Gasteiger partial charge on any atom is -0.456 e. The quantitative estimate of drug-likeness (QED) is 0.188. The van der Waals surface area contributed by atoms with Crippen molar-refractivity contribution >= 4 is 87.5 Å². The van der Waals surface area contributed by atoms with E-state index >= 15 is 0 Å². The molecular formula is C48H28N2O2. The summed E-state index contributed by atoms with van der Waals surface area (Å²) in [5.41, 5.74) is 12.7. The van der Waals surface area contributed by atoms with Gasteiger partial charge in [-0.1, -0.05) is 84.9 Å². The number of furan rings is 2. The summed E-state index contributed by atoms with van der Waals surface area (Å²) in [6, 6.07) is 60.5. The molecule has 0 aliphatic heterocycles. The average molecular weight is 665 g/mol. The van der Waals surface area contributed by atoms with Crippen LogP contribution >= 0.6 is 0 Å². The molecule has 52 heavy (non-hydrogen) atoms. The lowest BCUT2D eigenvalue weighted by atomic mass is 10.00. The van der Waals surface area contributed by atoms with Gasteiger partial charge in [0.05, 0.1) is 32.8 Å². The highest BCUT2D eigenvalue weighted by molar-refractivity contribution is 6.29. The first-order valence-corrected chi connectivity index (χ1v) is 17.7. The van der Waals surface area contributed by atoms with E-state index in [4.69, 9.17) is 8.83 Å². The third-order valence-electron chi connectivity index (χ3n) is 10.9. The Morgan fingerprint density at radius 2 is 0.808 bits per heavy atom. The topological polar surface area (TPSA) is 36.1 Å². The fourth-order valence-corrected chi connectivity index (χ4v) is 8.64. The molecule has 12 rings (SSSR count). The molecule has 0 radical (unpaired) electrons. The van der Waals surface area contributed by atoms with Crippen LogP contribution in [0.4, 0.5) is 0 Å². The molecule has 0 amide bonds. The van der Waals surface area contributed by atoms with Crippen LogP contribution in [0.25, 0.3) is 110 Å². The summed E-state index contributed by atoms with van der Waals surface area (Å²) in [5.74, 6) is 0. The first-order valence-electron chi connectivity index (χ1n) is 17.7. The normalized spacial score (nSPS) is 12.2. The van der Waals surface area contributed by atoms with Gasteiger partial charge < -0.3 is 18.0 Å². The molecule has 4 aromatic heterocycles. The molecule has 0 fully saturated rings. The zero-order valence-electron chi connectivity index (χ0n) is 27.9. The first kappa shape index (κ1) is 27.7. The zero-order valence-corrected chi connectivity index (χ0v) is 27.9. The van der Waals surface area contributed by atoms with Gasteiger partial charge in [0, 0.05) is 43.7 Å². The van der Waals surface area contributed by atoms with Crippen LogP contribution in [-0.2, 0) is 0 Å². The second kappa shape index (κ2) is 10.3. The Morgan fingerprint density at radius 1 is 0.308 bits per heavy atom. The standard InChI is InChI=1S/C48H28N2O2/c1-3-11-31(12-4-1)49-39-17-9-7-16-36(39)45-41(49)24-21-34-35-22-25-42-46(48(35)52-47(34)45)38-28-29(19-23-40(38)50(42)32-13-5-2-6-14-32)30-20-26-44-37(27-30)33-15-8-10-18-43(33)51-44/h1-28H. The Labute approximate surface area is 296 Å². The number of fused-ring (bicyclic) bond motifs is 14. The molecule has 0 saturated carbocycles. The molecule has 242 valence electrons. The number of hydrogen-bond acceptors (Lipinski definition) is 2. The van der Waals surface area contributed by atoms with Gasteiger partial charge >= 0.3 is 0 Å². The minimum atomic E-state index is 0.899. The monoisotopic (exact) mass is 664 g/mol. The van der Waals surface area contributed by atoms with Crippen LogP contribution in [0.2, 0.25) is 0 Å². The average Bonchev–Trinajstić information content (AvgIpc) is 3.95. The highest BCUT2D eigenvalue weighted by Crippen LogP contribution is 2.45. The van der Waals surface area contributed by atoms with E-state index in [1.54, 1.807) is 0 Å². The Kier molecular flexibility index (Phi) is 5.47. The SMILES string of the molecule is c1ccc(-n2c3ccccc3c3c4oc5c(ccc6c5c5cc(-c7ccc8oc9ccccc9c8c7)ccc5n6-c5ccccc5)c4ccc32)cc1. The summed E-state index contributed by atoms with van der Waals surface area (Å²) in [6.07, 6.45) is 0. The number of benzene rings is 8. The van der Waals surface area contributed by atoms with Crippen LogP contribution in [-0.4, -0.2) is 9.13 Å². The molecule has 0 unspecified atom stereocenters. The number of nitrogens with zero attached hydrogens (tertiary/aromatic N) is 2. The lowest BCUT2D eigenvalue weighted by Crippen LogP contribution is -1.93. The van der Waals surface area contributed by atoms with Gasteiger partial charge in [-0.15, -0.1) is 0 Å². The van der Waals surface area contributed by atoms with E-state index in [0.29, 0.717) is 0 Å². The molecule has 4 nitrogen and oxygen atoms in total. The molecular weight excluding hydrogens is 637 g/mol. The van der Waals surface area contributed by atoms with Gasteiger partial charge in [0.25, 0.3) is 0 Å². The van der Waals surface area contributed by atoms with Gasteiger partial charge in [0.1, 0.15) is 22.3 Å². The van der Waals surface area contributed by atoms with Gasteiger partial charge in [0.15, 0.2) is 0 Å². The fourth-order valence-electron chi connectivity index (χ4n) is 8.64. The highest BCUT2D eigenvalue weighted by atomic mass is 16.3. The summed E-state index contributed by atoms with van der Waals surface area (Å²) < 4.78 is 18.1. The third-order valence-corrected chi connectivity index (χ3v) is 10.9. The van der Waals surface area contributed by atoms with Crippen LogP contribution in [0.15, 0.2) is 179 Å². The minimum absolute atomic E-state index is 0.899. The van der Waals surface area contributed by atoms with E-state index in [2.05, 4.69) is 167 Å². The Bertz CT molecular complexity index is 3400. The molecule has 0 aliphatic rings. The summed E-state index contributed by atoms with van der Waals surface area (Å²) in [5, 5.41) is 9.07. The van der Waals surface area contributed by atoms with Crippen molar-refractivity contribution in [2.24, 2.45) is 0 Å². The lowest BCUT2D eigenvalue weighted by molar-refractivity contribution is 0.669.